The molecule has 1 heteroatoms. The number of hydrogen-bond acceptors (Lipinski definition) is 1. The molecule has 0 fully saturated rings. The molecule has 2 N–H and O–H groups in total. The van der Waals surface area contributed by atoms with Crippen LogP contribution in [0.4, 0.5) is 5.69 Å². The van der Waals surface area contributed by atoms with E-state index >= 15 is 0 Å². The fourth-order valence-corrected chi connectivity index (χ4v) is 3.18. The highest BCUT2D eigenvalue weighted by Gasteiger charge is 2.41. The van der Waals surface area contributed by atoms with Gasteiger partial charge >= 0.3 is 0 Å². The summed E-state index contributed by atoms with van der Waals surface area (Å²) in [6.07, 6.45) is 3.67. The van der Waals surface area contributed by atoms with Crippen molar-refractivity contribution in [2.45, 2.75) is 46.0 Å². The first-order chi connectivity index (χ1) is 7.14. The van der Waals surface area contributed by atoms with Crippen LogP contribution in [0.15, 0.2) is 18.2 Å². The number of nitrogen functional groups attached to an aromatic ring is 1. The summed E-state index contributed by atoms with van der Waals surface area (Å²) in [6.45, 7) is 6.97. The van der Waals surface area contributed by atoms with Crippen LogP contribution in [0.25, 0.3) is 0 Å². The molecule has 15 heavy (non-hydrogen) atoms. The van der Waals surface area contributed by atoms with E-state index in [4.69, 9.17) is 5.73 Å². The van der Waals surface area contributed by atoms with Gasteiger partial charge in [0, 0.05) is 5.69 Å². The Labute approximate surface area is 92.7 Å². The van der Waals surface area contributed by atoms with Gasteiger partial charge in [-0.2, -0.15) is 0 Å². The molecule has 1 aromatic carbocycles. The number of hydrogen-bond donors (Lipinski definition) is 1. The Hall–Kier alpha value is -0.980. The molecule has 1 nitrogen and oxygen atoms in total. The van der Waals surface area contributed by atoms with Gasteiger partial charge in [-0.1, -0.05) is 32.9 Å². The van der Waals surface area contributed by atoms with Gasteiger partial charge in [-0.25, -0.2) is 0 Å². The zero-order valence-electron chi connectivity index (χ0n) is 10.0. The van der Waals surface area contributed by atoms with Crippen LogP contribution in [0.3, 0.4) is 0 Å². The predicted octanol–water partition coefficient (Wildman–Crippen LogP) is 3.73. The van der Waals surface area contributed by atoms with Crippen LogP contribution in [-0.4, -0.2) is 0 Å². The third-order valence-corrected chi connectivity index (χ3v) is 4.57. The Balaban J connectivity index is 2.49. The number of rotatable bonds is 2. The van der Waals surface area contributed by atoms with Crippen molar-refractivity contribution < 1.29 is 0 Å². The number of anilines is 1. The van der Waals surface area contributed by atoms with Gasteiger partial charge in [0.05, 0.1) is 0 Å². The molecule has 0 unspecified atom stereocenters. The van der Waals surface area contributed by atoms with Crippen LogP contribution < -0.4 is 5.73 Å². The first-order valence-corrected chi connectivity index (χ1v) is 6.02. The first kappa shape index (κ1) is 10.5. The second kappa shape index (κ2) is 3.55. The van der Waals surface area contributed by atoms with E-state index in [1.165, 1.54) is 30.4 Å². The Morgan fingerprint density at radius 3 is 2.53 bits per heavy atom. The molecule has 0 spiro atoms. The maximum Gasteiger partial charge on any atom is 0.0349 e. The normalized spacial score (nSPS) is 22.7. The number of nitrogens with two attached hydrogens (primary N) is 1. The molecule has 1 atom stereocenters. The average molecular weight is 203 g/mol. The molecule has 1 aliphatic carbocycles. The van der Waals surface area contributed by atoms with Crippen LogP contribution in [0.2, 0.25) is 0 Å². The quantitative estimate of drug-likeness (QED) is 0.728. The second-order valence-corrected chi connectivity index (χ2v) is 4.88. The summed E-state index contributed by atoms with van der Waals surface area (Å²) >= 11 is 0. The molecule has 0 aromatic heterocycles. The molecule has 2 rings (SSSR count). The van der Waals surface area contributed by atoms with Crippen LogP contribution in [0, 0.1) is 5.41 Å². The van der Waals surface area contributed by atoms with Gasteiger partial charge in [-0.05, 0) is 47.8 Å². The molecule has 1 aromatic rings. The predicted molar refractivity (Wildman–Crippen MR) is 66.0 cm³/mol. The number of benzene rings is 1. The van der Waals surface area contributed by atoms with Crippen LogP contribution >= 0.6 is 0 Å². The van der Waals surface area contributed by atoms with Crippen molar-refractivity contribution in [3.05, 3.63) is 29.3 Å². The van der Waals surface area contributed by atoms with Gasteiger partial charge in [-0.15, -0.1) is 0 Å². The van der Waals surface area contributed by atoms with E-state index < -0.39 is 0 Å². The van der Waals surface area contributed by atoms with Gasteiger partial charge in [0.15, 0.2) is 0 Å². The van der Waals surface area contributed by atoms with E-state index in [0.29, 0.717) is 11.3 Å². The van der Waals surface area contributed by atoms with Gasteiger partial charge < -0.3 is 5.73 Å². The summed E-state index contributed by atoms with van der Waals surface area (Å²) in [4.78, 5) is 0. The lowest BCUT2D eigenvalue weighted by atomic mass is 9.73. The zero-order chi connectivity index (χ0) is 11.1. The summed E-state index contributed by atoms with van der Waals surface area (Å²) in [6, 6.07) is 6.38. The zero-order valence-corrected chi connectivity index (χ0v) is 10.0. The van der Waals surface area contributed by atoms with E-state index in [2.05, 4.69) is 32.9 Å². The Kier molecular flexibility index (Phi) is 2.49. The maximum absolute atomic E-state index is 6.06. The molecular formula is C14H21N. The van der Waals surface area contributed by atoms with E-state index in [-0.39, 0.29) is 0 Å². The molecule has 82 valence electrons. The maximum atomic E-state index is 6.06. The lowest BCUT2D eigenvalue weighted by Crippen LogP contribution is -2.22. The van der Waals surface area contributed by atoms with Crippen LogP contribution in [0.1, 0.15) is 50.7 Å². The highest BCUT2D eigenvalue weighted by molar-refractivity contribution is 5.55. The van der Waals surface area contributed by atoms with Crippen molar-refractivity contribution >= 4 is 5.69 Å². The minimum Gasteiger partial charge on any atom is -0.398 e. The average Bonchev–Trinajstić information content (AvgIpc) is 2.55. The van der Waals surface area contributed by atoms with E-state index in [1.807, 2.05) is 6.07 Å². The molecule has 1 aliphatic rings. The largest absolute Gasteiger partial charge is 0.398 e. The lowest BCUT2D eigenvalue weighted by molar-refractivity contribution is 0.234. The first-order valence-electron chi connectivity index (χ1n) is 6.02. The van der Waals surface area contributed by atoms with Crippen molar-refractivity contribution in [2.24, 2.45) is 5.41 Å². The Bertz CT molecular complexity index is 364. The topological polar surface area (TPSA) is 26.0 Å². The van der Waals surface area contributed by atoms with E-state index in [0.717, 1.165) is 5.69 Å². The molecule has 0 saturated carbocycles. The fraction of sp³-hybridized carbons (Fsp3) is 0.571. The SMILES string of the molecule is CCC1(CC)Cc2c(N)cccc2[C@H]1C. The molecule has 0 heterocycles. The van der Waals surface area contributed by atoms with Gasteiger partial charge in [0.1, 0.15) is 0 Å². The third kappa shape index (κ3) is 1.37. The number of fused-ring (bicyclic) bond motifs is 1. The van der Waals surface area contributed by atoms with Crippen LogP contribution in [0.5, 0.6) is 0 Å². The Morgan fingerprint density at radius 1 is 1.33 bits per heavy atom. The molecule has 0 bridgehead atoms. The lowest BCUT2D eigenvalue weighted by Gasteiger charge is -2.31. The van der Waals surface area contributed by atoms with Gasteiger partial charge in [0.25, 0.3) is 0 Å². The fourth-order valence-electron chi connectivity index (χ4n) is 3.18. The van der Waals surface area contributed by atoms with Crippen molar-refractivity contribution in [3.63, 3.8) is 0 Å². The van der Waals surface area contributed by atoms with Crippen molar-refractivity contribution in [3.8, 4) is 0 Å². The van der Waals surface area contributed by atoms with Gasteiger partial charge in [0.2, 0.25) is 0 Å². The van der Waals surface area contributed by atoms with Gasteiger partial charge in [-0.3, -0.25) is 0 Å². The molecule has 0 aliphatic heterocycles. The van der Waals surface area contributed by atoms with Crippen molar-refractivity contribution in [1.82, 2.24) is 0 Å². The monoisotopic (exact) mass is 203 g/mol. The second-order valence-electron chi connectivity index (χ2n) is 4.88. The minimum atomic E-state index is 0.456. The van der Waals surface area contributed by atoms with E-state index in [9.17, 15) is 0 Å². The molecular weight excluding hydrogens is 182 g/mol. The van der Waals surface area contributed by atoms with Crippen molar-refractivity contribution in [2.75, 3.05) is 5.73 Å². The van der Waals surface area contributed by atoms with Crippen molar-refractivity contribution in [1.29, 1.82) is 0 Å². The van der Waals surface area contributed by atoms with Crippen LogP contribution in [-0.2, 0) is 6.42 Å². The highest BCUT2D eigenvalue weighted by atomic mass is 14.6. The molecule has 0 amide bonds. The minimum absolute atomic E-state index is 0.456. The summed E-state index contributed by atoms with van der Waals surface area (Å²) < 4.78 is 0. The summed E-state index contributed by atoms with van der Waals surface area (Å²) in [5.41, 5.74) is 10.4. The molecule has 0 radical (unpaired) electrons. The van der Waals surface area contributed by atoms with E-state index in [1.54, 1.807) is 0 Å². The smallest absolute Gasteiger partial charge is 0.0349 e. The highest BCUT2D eigenvalue weighted by Crippen LogP contribution is 2.52. The Morgan fingerprint density at radius 2 is 2.00 bits per heavy atom. The summed E-state index contributed by atoms with van der Waals surface area (Å²) in [5, 5.41) is 0. The standard InChI is InChI=1S/C14H21N/c1-4-14(5-2)9-12-11(10(14)3)7-6-8-13(12)15/h6-8,10H,4-5,9,15H2,1-3H3/t10-/m1/s1. The molecule has 0 saturated heterocycles. The third-order valence-electron chi connectivity index (χ3n) is 4.57. The summed E-state index contributed by atoms with van der Waals surface area (Å²) in [7, 11) is 0. The summed E-state index contributed by atoms with van der Waals surface area (Å²) in [5.74, 6) is 0.658.